The van der Waals surface area contributed by atoms with Gasteiger partial charge in [-0.15, -0.1) is 0 Å². The van der Waals surface area contributed by atoms with Crippen molar-refractivity contribution in [1.29, 1.82) is 0 Å². The molecule has 2 aliphatic carbocycles. The van der Waals surface area contributed by atoms with Crippen molar-refractivity contribution < 1.29 is 5.11 Å². The molecule has 1 fully saturated rings. The van der Waals surface area contributed by atoms with Gasteiger partial charge in [0.2, 0.25) is 0 Å². The van der Waals surface area contributed by atoms with E-state index in [9.17, 15) is 5.11 Å². The van der Waals surface area contributed by atoms with Crippen LogP contribution in [-0.2, 0) is 18.3 Å². The number of aromatic hydroxyl groups is 1. The fraction of sp³-hybridized carbons (Fsp3) is 0.500. The van der Waals surface area contributed by atoms with E-state index in [2.05, 4.69) is 42.3 Å². The summed E-state index contributed by atoms with van der Waals surface area (Å²) >= 11 is 0. The van der Waals surface area contributed by atoms with Gasteiger partial charge in [-0.05, 0) is 85.0 Å². The Bertz CT molecular complexity index is 745. The first-order valence-electron chi connectivity index (χ1n) is 9.52. The van der Waals surface area contributed by atoms with Crippen molar-refractivity contribution >= 4 is 0 Å². The fourth-order valence-electron chi connectivity index (χ4n) is 5.15. The van der Waals surface area contributed by atoms with Gasteiger partial charge >= 0.3 is 0 Å². The summed E-state index contributed by atoms with van der Waals surface area (Å²) in [7, 11) is 0. The van der Waals surface area contributed by atoms with Gasteiger partial charge in [-0.2, -0.15) is 0 Å². The zero-order valence-corrected chi connectivity index (χ0v) is 15.2. The Morgan fingerprint density at radius 2 is 2.04 bits per heavy atom. The van der Waals surface area contributed by atoms with E-state index in [4.69, 9.17) is 0 Å². The van der Waals surface area contributed by atoms with Crippen LogP contribution in [0.3, 0.4) is 0 Å². The Morgan fingerprint density at radius 1 is 1.24 bits per heavy atom. The lowest BCUT2D eigenvalue weighted by atomic mass is 9.54. The predicted octanol–water partition coefficient (Wildman–Crippen LogP) is 3.85. The number of phenols is 1. The van der Waals surface area contributed by atoms with Crippen LogP contribution in [0, 0.1) is 11.8 Å². The van der Waals surface area contributed by atoms with E-state index >= 15 is 0 Å². The van der Waals surface area contributed by atoms with Crippen molar-refractivity contribution in [3.8, 4) is 5.75 Å². The number of nitrogens with zero attached hydrogens (tertiary/aromatic N) is 1. The maximum absolute atomic E-state index is 10.0. The first-order valence-corrected chi connectivity index (χ1v) is 9.52. The minimum absolute atomic E-state index is 0.113. The number of hydrogen-bond donors (Lipinski definition) is 2. The van der Waals surface area contributed by atoms with E-state index in [1.54, 1.807) is 0 Å². The Morgan fingerprint density at radius 3 is 2.84 bits per heavy atom. The Kier molecular flexibility index (Phi) is 4.28. The number of aromatic nitrogens is 1. The lowest BCUT2D eigenvalue weighted by molar-refractivity contribution is 0.0933. The van der Waals surface area contributed by atoms with E-state index in [0.717, 1.165) is 25.3 Å². The van der Waals surface area contributed by atoms with E-state index in [-0.39, 0.29) is 5.41 Å². The molecule has 132 valence electrons. The summed E-state index contributed by atoms with van der Waals surface area (Å²) < 4.78 is 0. The molecule has 0 amide bonds. The van der Waals surface area contributed by atoms with Crippen LogP contribution >= 0.6 is 0 Å². The lowest BCUT2D eigenvalue weighted by Gasteiger charge is -2.54. The minimum atomic E-state index is 0.113. The highest BCUT2D eigenvalue weighted by molar-refractivity contribution is 5.44. The van der Waals surface area contributed by atoms with Crippen LogP contribution in [0.15, 0.2) is 42.7 Å². The van der Waals surface area contributed by atoms with E-state index in [1.165, 1.54) is 29.5 Å². The molecule has 1 aromatic carbocycles. The van der Waals surface area contributed by atoms with Gasteiger partial charge in [0, 0.05) is 23.9 Å². The molecule has 0 aliphatic heterocycles. The van der Waals surface area contributed by atoms with Crippen LogP contribution in [0.1, 0.15) is 43.4 Å². The average molecular weight is 336 g/mol. The van der Waals surface area contributed by atoms with E-state index < -0.39 is 0 Å². The van der Waals surface area contributed by atoms with Gasteiger partial charge in [-0.25, -0.2) is 0 Å². The van der Waals surface area contributed by atoms with Gasteiger partial charge in [0.15, 0.2) is 0 Å². The van der Waals surface area contributed by atoms with E-state index in [1.807, 2.05) is 24.5 Å². The summed E-state index contributed by atoms with van der Waals surface area (Å²) in [5.41, 5.74) is 4.24. The Labute approximate surface area is 150 Å². The van der Waals surface area contributed by atoms with Gasteiger partial charge < -0.3 is 10.4 Å². The summed E-state index contributed by atoms with van der Waals surface area (Å²) in [6.45, 7) is 5.79. The van der Waals surface area contributed by atoms with Gasteiger partial charge in [0.05, 0.1) is 0 Å². The zero-order chi connectivity index (χ0) is 17.4. The van der Waals surface area contributed by atoms with Gasteiger partial charge in [-0.1, -0.05) is 19.9 Å². The number of nitrogens with one attached hydrogen (secondary N) is 1. The van der Waals surface area contributed by atoms with Crippen LogP contribution < -0.4 is 5.32 Å². The molecule has 3 nitrogen and oxygen atoms in total. The third-order valence-corrected chi connectivity index (χ3v) is 6.66. The molecule has 1 heterocycles. The lowest BCUT2D eigenvalue weighted by Crippen LogP contribution is -2.59. The van der Waals surface area contributed by atoms with E-state index in [0.29, 0.717) is 17.7 Å². The maximum atomic E-state index is 10.0. The molecule has 3 heteroatoms. The molecule has 1 saturated carbocycles. The molecule has 0 radical (unpaired) electrons. The number of rotatable bonds is 4. The van der Waals surface area contributed by atoms with Crippen molar-refractivity contribution in [2.75, 3.05) is 6.54 Å². The minimum Gasteiger partial charge on any atom is -0.508 e. The number of pyridine rings is 1. The second kappa shape index (κ2) is 6.45. The van der Waals surface area contributed by atoms with Crippen molar-refractivity contribution in [1.82, 2.24) is 10.3 Å². The molecule has 1 unspecified atom stereocenters. The Hall–Kier alpha value is -1.87. The van der Waals surface area contributed by atoms with Crippen LogP contribution in [-0.4, -0.2) is 22.7 Å². The second-order valence-electron chi connectivity index (χ2n) is 8.18. The summed E-state index contributed by atoms with van der Waals surface area (Å²) in [6, 6.07) is 10.7. The van der Waals surface area contributed by atoms with Crippen LogP contribution in [0.5, 0.6) is 5.75 Å². The molecule has 1 aromatic heterocycles. The van der Waals surface area contributed by atoms with Crippen molar-refractivity contribution in [3.05, 3.63) is 59.4 Å². The highest BCUT2D eigenvalue weighted by Crippen LogP contribution is 2.51. The highest BCUT2D eigenvalue weighted by Gasteiger charge is 2.49. The van der Waals surface area contributed by atoms with Crippen molar-refractivity contribution in [3.63, 3.8) is 0 Å². The van der Waals surface area contributed by atoms with Crippen LogP contribution in [0.2, 0.25) is 0 Å². The molecule has 2 bridgehead atoms. The largest absolute Gasteiger partial charge is 0.508 e. The molecule has 4 atom stereocenters. The first-order chi connectivity index (χ1) is 12.1. The highest BCUT2D eigenvalue weighted by atomic mass is 16.3. The van der Waals surface area contributed by atoms with Crippen molar-refractivity contribution in [2.45, 2.75) is 51.0 Å². The predicted molar refractivity (Wildman–Crippen MR) is 101 cm³/mol. The molecule has 2 aromatic rings. The molecule has 0 saturated heterocycles. The number of hydrogen-bond acceptors (Lipinski definition) is 3. The van der Waals surface area contributed by atoms with Crippen LogP contribution in [0.4, 0.5) is 0 Å². The first kappa shape index (κ1) is 16.6. The number of fused-ring (bicyclic) bond motifs is 4. The normalized spacial score (nSPS) is 30.7. The fourth-order valence-corrected chi connectivity index (χ4v) is 5.15. The SMILES string of the molecule is CC1CC[C@@]2(C)c3cc(O)ccc3C[C@@H]1[C@H]2NCCc1ccncc1. The summed E-state index contributed by atoms with van der Waals surface area (Å²) in [4.78, 5) is 4.10. The third-order valence-electron chi connectivity index (χ3n) is 6.66. The van der Waals surface area contributed by atoms with Gasteiger partial charge in [0.1, 0.15) is 5.75 Å². The molecule has 2 aliphatic rings. The standard InChI is InChI=1S/C22H28N2O/c1-15-5-9-22(2)20-14-18(25)4-3-17(20)13-19(15)21(22)24-12-8-16-6-10-23-11-7-16/h3-4,6-7,10-11,14-15,19,21,24-25H,5,8-9,12-13H2,1-2H3/t15?,19-,21+,22-/m0/s1. The molecule has 0 spiro atoms. The topological polar surface area (TPSA) is 45.1 Å². The smallest absolute Gasteiger partial charge is 0.115 e. The van der Waals surface area contributed by atoms with Crippen molar-refractivity contribution in [2.24, 2.45) is 11.8 Å². The summed E-state index contributed by atoms with van der Waals surface area (Å²) in [5, 5.41) is 13.9. The van der Waals surface area contributed by atoms with Gasteiger partial charge in [-0.3, -0.25) is 4.98 Å². The number of phenolic OH excluding ortho intramolecular Hbond substituents is 1. The molecule has 2 N–H and O–H groups in total. The quantitative estimate of drug-likeness (QED) is 0.891. The number of benzene rings is 1. The molecule has 4 rings (SSSR count). The average Bonchev–Trinajstić information content (AvgIpc) is 2.62. The van der Waals surface area contributed by atoms with Gasteiger partial charge in [0.25, 0.3) is 0 Å². The summed E-state index contributed by atoms with van der Waals surface area (Å²) in [5.74, 6) is 1.81. The molecule has 25 heavy (non-hydrogen) atoms. The monoisotopic (exact) mass is 336 g/mol. The zero-order valence-electron chi connectivity index (χ0n) is 15.2. The third kappa shape index (κ3) is 2.95. The Balaban J connectivity index is 1.58. The summed E-state index contributed by atoms with van der Waals surface area (Å²) in [6.07, 6.45) is 8.36. The molecular weight excluding hydrogens is 308 g/mol. The molecular formula is C22H28N2O. The maximum Gasteiger partial charge on any atom is 0.115 e. The van der Waals surface area contributed by atoms with Crippen LogP contribution in [0.25, 0.3) is 0 Å². The second-order valence-corrected chi connectivity index (χ2v) is 8.18.